The van der Waals surface area contributed by atoms with E-state index in [1.54, 1.807) is 18.0 Å². The number of morpholine rings is 1. The minimum Gasteiger partial charge on any atom is -0.477 e. The number of ether oxygens (including phenoxy) is 2. The third-order valence-electron chi connectivity index (χ3n) is 3.74. The SMILES string of the molecule is CCOc1nc(Nc2ccc(SN3CCOCC3)cc2)cc(N)c1C#N. The first-order chi connectivity index (χ1) is 12.7. The van der Waals surface area contributed by atoms with Crippen LogP contribution in [0.5, 0.6) is 5.88 Å². The molecule has 1 aliphatic heterocycles. The Hall–Kier alpha value is -2.47. The van der Waals surface area contributed by atoms with E-state index in [1.807, 2.05) is 25.1 Å². The number of pyridine rings is 1. The Morgan fingerprint density at radius 3 is 2.73 bits per heavy atom. The summed E-state index contributed by atoms with van der Waals surface area (Å²) in [5.41, 5.74) is 7.43. The number of hydrogen-bond donors (Lipinski definition) is 2. The highest BCUT2D eigenvalue weighted by Crippen LogP contribution is 2.28. The second-order valence-electron chi connectivity index (χ2n) is 5.60. The van der Waals surface area contributed by atoms with Crippen molar-refractivity contribution in [2.45, 2.75) is 11.8 Å². The van der Waals surface area contributed by atoms with Gasteiger partial charge in [-0.2, -0.15) is 10.2 Å². The van der Waals surface area contributed by atoms with Crippen molar-refractivity contribution >= 4 is 29.1 Å². The normalized spacial score (nSPS) is 14.6. The Morgan fingerprint density at radius 1 is 1.35 bits per heavy atom. The average molecular weight is 371 g/mol. The fraction of sp³-hybridized carbons (Fsp3) is 0.333. The zero-order valence-corrected chi connectivity index (χ0v) is 15.4. The molecule has 0 aliphatic carbocycles. The molecule has 2 heterocycles. The molecule has 0 amide bonds. The van der Waals surface area contributed by atoms with E-state index in [0.29, 0.717) is 18.1 Å². The van der Waals surface area contributed by atoms with Crippen LogP contribution in [0.4, 0.5) is 17.2 Å². The molecule has 2 aromatic rings. The molecule has 0 atom stereocenters. The summed E-state index contributed by atoms with van der Waals surface area (Å²) < 4.78 is 13.1. The summed E-state index contributed by atoms with van der Waals surface area (Å²) in [6, 6.07) is 11.7. The van der Waals surface area contributed by atoms with Gasteiger partial charge in [0.2, 0.25) is 5.88 Å². The van der Waals surface area contributed by atoms with Gasteiger partial charge in [0.25, 0.3) is 0 Å². The highest BCUT2D eigenvalue weighted by Gasteiger charge is 2.13. The number of anilines is 3. The molecular weight excluding hydrogens is 350 g/mol. The van der Waals surface area contributed by atoms with Crippen molar-refractivity contribution in [1.82, 2.24) is 9.29 Å². The van der Waals surface area contributed by atoms with Crippen molar-refractivity contribution in [3.05, 3.63) is 35.9 Å². The van der Waals surface area contributed by atoms with E-state index in [1.165, 1.54) is 4.90 Å². The van der Waals surface area contributed by atoms with E-state index in [0.717, 1.165) is 32.0 Å². The Kier molecular flexibility index (Phi) is 6.17. The molecule has 0 saturated carbocycles. The minimum absolute atomic E-state index is 0.247. The zero-order valence-electron chi connectivity index (χ0n) is 14.6. The van der Waals surface area contributed by atoms with Crippen molar-refractivity contribution in [3.8, 4) is 11.9 Å². The van der Waals surface area contributed by atoms with Gasteiger partial charge in [-0.1, -0.05) is 0 Å². The topological polar surface area (TPSA) is 96.4 Å². The van der Waals surface area contributed by atoms with Gasteiger partial charge in [0, 0.05) is 29.7 Å². The number of nitrogen functional groups attached to an aromatic ring is 1. The molecule has 1 aromatic carbocycles. The van der Waals surface area contributed by atoms with Crippen LogP contribution in [0.25, 0.3) is 0 Å². The van der Waals surface area contributed by atoms with Gasteiger partial charge in [-0.15, -0.1) is 0 Å². The maximum atomic E-state index is 9.19. The lowest BCUT2D eigenvalue weighted by Gasteiger charge is -2.25. The van der Waals surface area contributed by atoms with E-state index in [2.05, 4.69) is 26.7 Å². The first-order valence-corrected chi connectivity index (χ1v) is 9.18. The summed E-state index contributed by atoms with van der Waals surface area (Å²) in [5.74, 6) is 0.788. The molecule has 3 rings (SSSR count). The first kappa shape index (κ1) is 18.3. The lowest BCUT2D eigenvalue weighted by molar-refractivity contribution is 0.0773. The molecule has 0 bridgehead atoms. The summed E-state index contributed by atoms with van der Waals surface area (Å²) in [7, 11) is 0. The molecule has 1 fully saturated rings. The molecule has 136 valence electrons. The fourth-order valence-electron chi connectivity index (χ4n) is 2.49. The molecule has 0 radical (unpaired) electrons. The standard InChI is InChI=1S/C18H21N5O2S/c1-2-25-18-15(12-19)16(20)11-17(22-18)21-13-3-5-14(6-4-13)26-23-7-9-24-10-8-23/h3-6,11H,2,7-10H2,1H3,(H3,20,21,22). The van der Waals surface area contributed by atoms with E-state index in [-0.39, 0.29) is 11.4 Å². The molecule has 7 nitrogen and oxygen atoms in total. The smallest absolute Gasteiger partial charge is 0.235 e. The third kappa shape index (κ3) is 4.58. The van der Waals surface area contributed by atoms with E-state index < -0.39 is 0 Å². The Labute approximate surface area is 157 Å². The van der Waals surface area contributed by atoms with Gasteiger partial charge in [0.05, 0.1) is 25.5 Å². The Morgan fingerprint density at radius 2 is 2.08 bits per heavy atom. The number of rotatable bonds is 6. The molecule has 1 aliphatic rings. The van der Waals surface area contributed by atoms with E-state index in [4.69, 9.17) is 15.2 Å². The highest BCUT2D eigenvalue weighted by molar-refractivity contribution is 7.97. The van der Waals surface area contributed by atoms with Crippen LogP contribution < -0.4 is 15.8 Å². The van der Waals surface area contributed by atoms with Crippen molar-refractivity contribution in [3.63, 3.8) is 0 Å². The van der Waals surface area contributed by atoms with Gasteiger partial charge in [-0.25, -0.2) is 4.31 Å². The summed E-state index contributed by atoms with van der Waals surface area (Å²) in [4.78, 5) is 5.51. The largest absolute Gasteiger partial charge is 0.477 e. The van der Waals surface area contributed by atoms with Crippen LogP contribution in [-0.4, -0.2) is 42.2 Å². The maximum absolute atomic E-state index is 9.19. The van der Waals surface area contributed by atoms with Crippen LogP contribution in [0.3, 0.4) is 0 Å². The number of nitriles is 1. The second kappa shape index (κ2) is 8.76. The van der Waals surface area contributed by atoms with Gasteiger partial charge < -0.3 is 20.5 Å². The van der Waals surface area contributed by atoms with Crippen LogP contribution in [0, 0.1) is 11.3 Å². The van der Waals surface area contributed by atoms with Gasteiger partial charge in [-0.05, 0) is 43.1 Å². The lowest BCUT2D eigenvalue weighted by atomic mass is 10.2. The van der Waals surface area contributed by atoms with E-state index in [9.17, 15) is 5.26 Å². The minimum atomic E-state index is 0.247. The zero-order chi connectivity index (χ0) is 18.4. The van der Waals surface area contributed by atoms with Crippen LogP contribution in [0.1, 0.15) is 12.5 Å². The summed E-state index contributed by atoms with van der Waals surface area (Å²) in [5, 5.41) is 12.4. The fourth-order valence-corrected chi connectivity index (χ4v) is 3.38. The predicted octanol–water partition coefficient (Wildman–Crippen LogP) is 3.02. The van der Waals surface area contributed by atoms with Gasteiger partial charge in [-0.3, -0.25) is 0 Å². The second-order valence-corrected chi connectivity index (χ2v) is 6.77. The van der Waals surface area contributed by atoms with Gasteiger partial charge in [0.1, 0.15) is 17.5 Å². The van der Waals surface area contributed by atoms with Crippen LogP contribution in [0.15, 0.2) is 35.2 Å². The summed E-state index contributed by atoms with van der Waals surface area (Å²) in [6.45, 7) is 5.67. The Bertz CT molecular complexity index is 785. The molecule has 0 unspecified atom stereocenters. The van der Waals surface area contributed by atoms with Crippen molar-refractivity contribution in [1.29, 1.82) is 5.26 Å². The number of hydrogen-bond acceptors (Lipinski definition) is 8. The van der Waals surface area contributed by atoms with E-state index >= 15 is 0 Å². The van der Waals surface area contributed by atoms with Crippen LogP contribution >= 0.6 is 11.9 Å². The number of nitrogens with two attached hydrogens (primary N) is 1. The lowest BCUT2D eigenvalue weighted by Crippen LogP contribution is -2.30. The predicted molar refractivity (Wildman–Crippen MR) is 103 cm³/mol. The van der Waals surface area contributed by atoms with Gasteiger partial charge >= 0.3 is 0 Å². The van der Waals surface area contributed by atoms with Crippen molar-refractivity contribution < 1.29 is 9.47 Å². The van der Waals surface area contributed by atoms with Crippen LogP contribution in [0.2, 0.25) is 0 Å². The number of benzene rings is 1. The molecule has 1 aromatic heterocycles. The summed E-state index contributed by atoms with van der Waals surface area (Å²) in [6.07, 6.45) is 0. The number of nitrogens with zero attached hydrogens (tertiary/aromatic N) is 3. The quantitative estimate of drug-likeness (QED) is 0.748. The summed E-state index contributed by atoms with van der Waals surface area (Å²) >= 11 is 1.73. The first-order valence-electron chi connectivity index (χ1n) is 8.40. The molecule has 0 spiro atoms. The molecule has 1 saturated heterocycles. The molecular formula is C18H21N5O2S. The third-order valence-corrected chi connectivity index (χ3v) is 4.85. The van der Waals surface area contributed by atoms with Crippen LogP contribution in [-0.2, 0) is 4.74 Å². The average Bonchev–Trinajstić information content (AvgIpc) is 2.64. The number of aromatic nitrogens is 1. The Balaban J connectivity index is 1.69. The number of nitrogens with one attached hydrogen (secondary N) is 1. The van der Waals surface area contributed by atoms with Crippen molar-refractivity contribution in [2.75, 3.05) is 44.0 Å². The molecule has 8 heteroatoms. The van der Waals surface area contributed by atoms with Gasteiger partial charge in [0.15, 0.2) is 0 Å². The maximum Gasteiger partial charge on any atom is 0.235 e. The molecule has 26 heavy (non-hydrogen) atoms. The van der Waals surface area contributed by atoms with Crippen molar-refractivity contribution in [2.24, 2.45) is 0 Å². The highest BCUT2D eigenvalue weighted by atomic mass is 32.2. The monoisotopic (exact) mass is 371 g/mol. The molecule has 3 N–H and O–H groups in total.